The van der Waals surface area contributed by atoms with Gasteiger partial charge in [-0.2, -0.15) is 0 Å². The highest BCUT2D eigenvalue weighted by atomic mass is 79.9. The van der Waals surface area contributed by atoms with Crippen molar-refractivity contribution in [2.24, 2.45) is 5.92 Å². The molecule has 0 aliphatic carbocycles. The maximum absolute atomic E-state index is 14.1. The number of hydrogen-bond donors (Lipinski definition) is 1. The van der Waals surface area contributed by atoms with E-state index in [2.05, 4.69) is 26.1 Å². The van der Waals surface area contributed by atoms with Crippen LogP contribution in [0.1, 0.15) is 24.4 Å². The van der Waals surface area contributed by atoms with Gasteiger partial charge in [0.2, 0.25) is 0 Å². The molecule has 0 aromatic heterocycles. The summed E-state index contributed by atoms with van der Waals surface area (Å²) in [6.45, 7) is 2.05. The Morgan fingerprint density at radius 2 is 2.22 bits per heavy atom. The van der Waals surface area contributed by atoms with Gasteiger partial charge in [-0.1, -0.05) is 15.9 Å². The molecule has 1 heterocycles. The second kappa shape index (κ2) is 6.13. The SMILES string of the molecule is CN(C)C(c1cc(Br)ccc1F)C1CCCNC1. The molecule has 1 saturated heterocycles. The zero-order chi connectivity index (χ0) is 13.1. The van der Waals surface area contributed by atoms with Crippen molar-refractivity contribution in [1.82, 2.24) is 10.2 Å². The van der Waals surface area contributed by atoms with Crippen LogP contribution in [0, 0.1) is 11.7 Å². The maximum Gasteiger partial charge on any atom is 0.128 e. The molecule has 2 rings (SSSR count). The van der Waals surface area contributed by atoms with E-state index in [0.29, 0.717) is 5.92 Å². The minimum Gasteiger partial charge on any atom is -0.316 e. The van der Waals surface area contributed by atoms with Gasteiger partial charge >= 0.3 is 0 Å². The van der Waals surface area contributed by atoms with E-state index in [4.69, 9.17) is 0 Å². The summed E-state index contributed by atoms with van der Waals surface area (Å²) in [7, 11) is 4.05. The van der Waals surface area contributed by atoms with Crippen LogP contribution < -0.4 is 5.32 Å². The van der Waals surface area contributed by atoms with Crippen LogP contribution in [0.15, 0.2) is 22.7 Å². The van der Waals surface area contributed by atoms with Crippen LogP contribution in [-0.4, -0.2) is 32.1 Å². The molecule has 0 amide bonds. The molecule has 2 unspecified atom stereocenters. The number of piperidine rings is 1. The van der Waals surface area contributed by atoms with E-state index in [9.17, 15) is 4.39 Å². The van der Waals surface area contributed by atoms with Crippen molar-refractivity contribution in [3.05, 3.63) is 34.1 Å². The van der Waals surface area contributed by atoms with E-state index >= 15 is 0 Å². The molecule has 0 bridgehead atoms. The second-order valence-electron chi connectivity index (χ2n) is 5.18. The Bertz CT molecular complexity index is 403. The van der Waals surface area contributed by atoms with E-state index < -0.39 is 0 Å². The standard InChI is InChI=1S/C14H20BrFN2/c1-18(2)14(10-4-3-7-17-9-10)12-8-11(15)5-6-13(12)16/h5-6,8,10,14,17H,3-4,7,9H2,1-2H3. The highest BCUT2D eigenvalue weighted by molar-refractivity contribution is 9.10. The zero-order valence-electron chi connectivity index (χ0n) is 10.9. The average Bonchev–Trinajstić information content (AvgIpc) is 2.35. The molecular formula is C14H20BrFN2. The van der Waals surface area contributed by atoms with Crippen LogP contribution in [0.3, 0.4) is 0 Å². The van der Waals surface area contributed by atoms with Crippen molar-refractivity contribution in [1.29, 1.82) is 0 Å². The number of benzene rings is 1. The first-order chi connectivity index (χ1) is 8.59. The van der Waals surface area contributed by atoms with Crippen LogP contribution in [0.5, 0.6) is 0 Å². The highest BCUT2D eigenvalue weighted by Gasteiger charge is 2.28. The van der Waals surface area contributed by atoms with Crippen LogP contribution in [-0.2, 0) is 0 Å². The van der Waals surface area contributed by atoms with Gasteiger partial charge in [0, 0.05) is 16.1 Å². The third-order valence-corrected chi connectivity index (χ3v) is 4.11. The topological polar surface area (TPSA) is 15.3 Å². The lowest BCUT2D eigenvalue weighted by atomic mass is 9.86. The van der Waals surface area contributed by atoms with E-state index in [0.717, 1.165) is 29.5 Å². The monoisotopic (exact) mass is 314 g/mol. The molecule has 1 fully saturated rings. The summed E-state index contributed by atoms with van der Waals surface area (Å²) < 4.78 is 15.0. The minimum atomic E-state index is -0.109. The van der Waals surface area contributed by atoms with Gasteiger partial charge in [-0.3, -0.25) is 0 Å². The van der Waals surface area contributed by atoms with Gasteiger partial charge in [-0.15, -0.1) is 0 Å². The average molecular weight is 315 g/mol. The van der Waals surface area contributed by atoms with Gasteiger partial charge in [0.25, 0.3) is 0 Å². The first-order valence-electron chi connectivity index (χ1n) is 6.41. The quantitative estimate of drug-likeness (QED) is 0.921. The molecule has 0 spiro atoms. The number of nitrogens with one attached hydrogen (secondary N) is 1. The van der Waals surface area contributed by atoms with Crippen molar-refractivity contribution in [2.45, 2.75) is 18.9 Å². The lowest BCUT2D eigenvalue weighted by Gasteiger charge is -2.35. The Morgan fingerprint density at radius 3 is 2.83 bits per heavy atom. The smallest absolute Gasteiger partial charge is 0.128 e. The Kier molecular flexibility index (Phi) is 4.76. The van der Waals surface area contributed by atoms with Crippen LogP contribution >= 0.6 is 15.9 Å². The summed E-state index contributed by atoms with van der Waals surface area (Å²) in [4.78, 5) is 2.13. The van der Waals surface area contributed by atoms with Crippen molar-refractivity contribution in [3.8, 4) is 0 Å². The van der Waals surface area contributed by atoms with Crippen molar-refractivity contribution in [3.63, 3.8) is 0 Å². The lowest BCUT2D eigenvalue weighted by Crippen LogP contribution is -2.38. The molecule has 1 aliphatic rings. The van der Waals surface area contributed by atoms with Crippen molar-refractivity contribution < 1.29 is 4.39 Å². The maximum atomic E-state index is 14.1. The van der Waals surface area contributed by atoms with Gasteiger partial charge < -0.3 is 10.2 Å². The summed E-state index contributed by atoms with van der Waals surface area (Å²) in [5.74, 6) is 0.361. The van der Waals surface area contributed by atoms with Gasteiger partial charge in [0.1, 0.15) is 5.82 Å². The van der Waals surface area contributed by atoms with E-state index in [1.54, 1.807) is 12.1 Å². The highest BCUT2D eigenvalue weighted by Crippen LogP contribution is 2.33. The number of hydrogen-bond acceptors (Lipinski definition) is 2. The number of rotatable bonds is 3. The summed E-state index contributed by atoms with van der Waals surface area (Å²) in [6, 6.07) is 5.35. The molecule has 100 valence electrons. The van der Waals surface area contributed by atoms with E-state index in [1.165, 1.54) is 6.42 Å². The summed E-state index contributed by atoms with van der Waals surface area (Å²) >= 11 is 3.44. The molecular weight excluding hydrogens is 295 g/mol. The van der Waals surface area contributed by atoms with Gasteiger partial charge in [-0.05, 0) is 64.1 Å². The van der Waals surface area contributed by atoms with E-state index in [1.807, 2.05) is 20.2 Å². The molecule has 1 aromatic rings. The normalized spacial score (nSPS) is 22.2. The predicted molar refractivity (Wildman–Crippen MR) is 76.1 cm³/mol. The zero-order valence-corrected chi connectivity index (χ0v) is 12.5. The van der Waals surface area contributed by atoms with Gasteiger partial charge in [0.15, 0.2) is 0 Å². The molecule has 0 radical (unpaired) electrons. The molecule has 2 nitrogen and oxygen atoms in total. The summed E-state index contributed by atoms with van der Waals surface area (Å²) in [5, 5.41) is 3.41. The van der Waals surface area contributed by atoms with Gasteiger partial charge in [0.05, 0.1) is 0 Å². The molecule has 4 heteroatoms. The predicted octanol–water partition coefficient (Wildman–Crippen LogP) is 3.19. The van der Waals surface area contributed by atoms with Crippen LogP contribution in [0.25, 0.3) is 0 Å². The molecule has 2 atom stereocenters. The number of nitrogens with zero attached hydrogens (tertiary/aromatic N) is 1. The van der Waals surface area contributed by atoms with Crippen LogP contribution in [0.4, 0.5) is 4.39 Å². The Morgan fingerprint density at radius 1 is 1.44 bits per heavy atom. The first-order valence-corrected chi connectivity index (χ1v) is 7.21. The molecule has 18 heavy (non-hydrogen) atoms. The third kappa shape index (κ3) is 3.11. The van der Waals surface area contributed by atoms with Crippen molar-refractivity contribution in [2.75, 3.05) is 27.2 Å². The fraction of sp³-hybridized carbons (Fsp3) is 0.571. The first kappa shape index (κ1) is 14.0. The van der Waals surface area contributed by atoms with E-state index in [-0.39, 0.29) is 11.9 Å². The molecule has 1 aliphatic heterocycles. The summed E-state index contributed by atoms with van der Waals surface area (Å²) in [6.07, 6.45) is 2.33. The molecule has 0 saturated carbocycles. The van der Waals surface area contributed by atoms with Gasteiger partial charge in [-0.25, -0.2) is 4.39 Å². The summed E-state index contributed by atoms with van der Waals surface area (Å²) in [5.41, 5.74) is 0.795. The lowest BCUT2D eigenvalue weighted by molar-refractivity contribution is 0.177. The second-order valence-corrected chi connectivity index (χ2v) is 6.10. The number of halogens is 2. The fourth-order valence-electron chi connectivity index (χ4n) is 2.84. The molecule has 1 N–H and O–H groups in total. The minimum absolute atomic E-state index is 0.109. The Balaban J connectivity index is 2.31. The van der Waals surface area contributed by atoms with Crippen LogP contribution in [0.2, 0.25) is 0 Å². The Labute approximate surface area is 117 Å². The fourth-order valence-corrected chi connectivity index (χ4v) is 3.22. The largest absolute Gasteiger partial charge is 0.316 e. The molecule has 1 aromatic carbocycles. The third-order valence-electron chi connectivity index (χ3n) is 3.61. The van der Waals surface area contributed by atoms with Crippen molar-refractivity contribution >= 4 is 15.9 Å². The Hall–Kier alpha value is -0.450.